The first kappa shape index (κ1) is 95.5. The molecule has 0 fully saturated rings. The molecule has 114 heavy (non-hydrogen) atoms. The third kappa shape index (κ3) is 33.9. The fourth-order valence-corrected chi connectivity index (χ4v) is 10.6. The molecule has 3 aromatic rings. The minimum atomic E-state index is -2.04. The summed E-state index contributed by atoms with van der Waals surface area (Å²) >= 11 is 0. The Morgan fingerprint density at radius 1 is 0.447 bits per heavy atom. The molecular weight excluding hydrogens is 1510 g/mol. The lowest BCUT2D eigenvalue weighted by Gasteiger charge is -2.28. The van der Waals surface area contributed by atoms with E-state index in [0.717, 1.165) is 0 Å². The third-order valence-electron chi connectivity index (χ3n) is 16.6. The van der Waals surface area contributed by atoms with Gasteiger partial charge < -0.3 is 143 Å². The highest BCUT2D eigenvalue weighted by Crippen LogP contribution is 2.21. The number of hydrogen-bond donors (Lipinski definition) is 28. The highest BCUT2D eigenvalue weighted by atomic mass is 16.4. The monoisotopic (exact) mass is 1610 g/mol. The van der Waals surface area contributed by atoms with Crippen LogP contribution in [0, 0.1) is 17.2 Å². The number of aliphatic hydroxyl groups is 4. The van der Waals surface area contributed by atoms with Gasteiger partial charge in [-0.2, -0.15) is 0 Å². The van der Waals surface area contributed by atoms with Crippen molar-refractivity contribution in [3.63, 3.8) is 0 Å². The third-order valence-corrected chi connectivity index (χ3v) is 16.6. The average molecular weight is 1610 g/mol. The van der Waals surface area contributed by atoms with E-state index in [2.05, 4.69) is 63.5 Å². The van der Waals surface area contributed by atoms with Crippen LogP contribution in [-0.2, 0) is 99.1 Å². The fraction of sp³-hybridized carbons (Fsp3) is 0.515. The van der Waals surface area contributed by atoms with Gasteiger partial charge in [0.1, 0.15) is 78.3 Å². The van der Waals surface area contributed by atoms with E-state index in [0.29, 0.717) is 22.0 Å². The number of phenols is 1. The van der Waals surface area contributed by atoms with E-state index in [1.165, 1.54) is 44.3 Å². The molecule has 31 N–H and O–H groups in total. The maximum Gasteiger partial charge on any atom is 0.326 e. The molecule has 628 valence electrons. The van der Waals surface area contributed by atoms with Crippen molar-refractivity contribution in [1.29, 1.82) is 5.41 Å². The largest absolute Gasteiger partial charge is 0.508 e. The summed E-state index contributed by atoms with van der Waals surface area (Å²) < 4.78 is 0. The highest BCUT2D eigenvalue weighted by Gasteiger charge is 2.38. The van der Waals surface area contributed by atoms with Crippen molar-refractivity contribution in [2.24, 2.45) is 29.0 Å². The molecule has 0 saturated heterocycles. The smallest absolute Gasteiger partial charge is 0.326 e. The molecule has 0 aliphatic rings. The van der Waals surface area contributed by atoms with Crippen LogP contribution in [-0.4, -0.2) is 283 Å². The number of nitrogens with one attached hydrogen (secondary N) is 17. The number of phenolic OH excluding ortho intramolecular Hbond substituents is 1. The second kappa shape index (κ2) is 48.2. The van der Waals surface area contributed by atoms with Gasteiger partial charge in [-0.05, 0) is 66.8 Å². The van der Waals surface area contributed by atoms with Crippen molar-refractivity contribution in [3.8, 4) is 5.75 Å². The minimum absolute atomic E-state index is 0.0319. The van der Waals surface area contributed by atoms with Gasteiger partial charge in [-0.1, -0.05) is 58.0 Å². The maximum atomic E-state index is 14.6. The summed E-state index contributed by atoms with van der Waals surface area (Å²) in [5, 5.41) is 120. The predicted molar refractivity (Wildman–Crippen MR) is 394 cm³/mol. The zero-order valence-electron chi connectivity index (χ0n) is 62.5. The maximum absolute atomic E-state index is 14.6. The summed E-state index contributed by atoms with van der Waals surface area (Å²) in [6.07, 6.45) is -2.89. The van der Waals surface area contributed by atoms with Crippen LogP contribution in [0.3, 0.4) is 0 Å². The summed E-state index contributed by atoms with van der Waals surface area (Å²) in [5.74, 6) is -23.9. The number of para-hydroxylation sites is 1. The summed E-state index contributed by atoms with van der Waals surface area (Å²) in [5.41, 5.74) is 17.5. The Bertz CT molecular complexity index is 3920. The molecule has 0 bridgehead atoms. The number of rotatable bonds is 51. The molecule has 0 aliphatic carbocycles. The van der Waals surface area contributed by atoms with Crippen molar-refractivity contribution in [2.75, 3.05) is 52.6 Å². The van der Waals surface area contributed by atoms with Crippen LogP contribution >= 0.6 is 0 Å². The molecule has 2 aromatic carbocycles. The molecule has 46 nitrogen and oxygen atoms in total. The van der Waals surface area contributed by atoms with E-state index in [1.807, 2.05) is 21.3 Å². The summed E-state index contributed by atoms with van der Waals surface area (Å²) in [7, 11) is 0. The first-order chi connectivity index (χ1) is 53.7. The number of primary amides is 1. The van der Waals surface area contributed by atoms with Crippen LogP contribution < -0.4 is 97.0 Å². The Kier molecular flexibility index (Phi) is 40.4. The minimum Gasteiger partial charge on any atom is -0.508 e. The molecule has 12 atom stereocenters. The second-order valence-electron chi connectivity index (χ2n) is 26.6. The number of carbonyl (C=O) groups excluding carboxylic acids is 15. The normalized spacial score (nSPS) is 14.2. The van der Waals surface area contributed by atoms with Crippen LogP contribution in [0.25, 0.3) is 10.9 Å². The zero-order valence-corrected chi connectivity index (χ0v) is 62.5. The SMILES string of the molecule is CC(C)C[C@H](NC(=O)[C@H](CCC(N)=O)NC(=O)[C@H](CC(=O)O)NC(=O)CNC(=O)[C@H](CO)NC(=O)[C@H](CO)NC(=O)[C@@H](N)CO)C(=O)NCC(=O)N[C@@H](CO)C(=O)NCC(=O)N[C@@H](CC(=O)O)C(=O)N[C@@H](Cc1c[nH]c2ccccc12)C(=O)N[C@H](C(=O)N[C@@H](CCCNC(=N)N)C(=O)N[C@@H](Cc1ccc(O)cc1)C(=O)O)C(C)C. The van der Waals surface area contributed by atoms with Crippen molar-refractivity contribution in [2.45, 2.75) is 158 Å². The number of nitrogens with two attached hydrogens (primary N) is 3. The van der Waals surface area contributed by atoms with Gasteiger partial charge in [0.05, 0.1) is 58.9 Å². The topological polar surface area (TPSA) is 767 Å². The van der Waals surface area contributed by atoms with E-state index in [-0.39, 0.29) is 44.4 Å². The quantitative estimate of drug-likeness (QED) is 0.0142. The van der Waals surface area contributed by atoms with Crippen LogP contribution in [0.15, 0.2) is 54.7 Å². The van der Waals surface area contributed by atoms with E-state index < -0.39 is 269 Å². The van der Waals surface area contributed by atoms with Crippen molar-refractivity contribution in [3.05, 3.63) is 65.9 Å². The average Bonchev–Trinajstić information content (AvgIpc) is 1.66. The number of benzene rings is 2. The van der Waals surface area contributed by atoms with Gasteiger partial charge in [0.2, 0.25) is 88.6 Å². The van der Waals surface area contributed by atoms with Crippen LogP contribution in [0.1, 0.15) is 83.8 Å². The van der Waals surface area contributed by atoms with Gasteiger partial charge in [0.25, 0.3) is 0 Å². The molecular formula is C68H100N20O26. The number of H-pyrrole nitrogens is 1. The standard InChI is InChI=1S/C68H100N20O26/c1-31(2)18-41(83-61(107)40(15-16-49(70)94)81-62(108)43(21-53(98)99)78-51(96)25-77-59(105)47(29-91)87-65(111)48(30-92)86-56(102)37(69)27-89)57(103)75-26-52(97)80-46(28-90)58(104)76-24-50(95)79-44(22-54(100)101)63(109)84-42(20-34-23-74-38-9-6-5-8-36(34)38)64(110)88-55(32(3)4)66(112)82-39(10-7-17-73-68(71)72)60(106)85-45(67(113)114)19-33-11-13-35(93)14-12-33/h5-6,8-9,11-14,23,31-32,37,39-48,55,74,89-93H,7,10,15-22,24-30,69H2,1-4H3,(H2,70,94)(H,75,103)(H,76,104)(H,77,105)(H,78,96)(H,79,95)(H,80,97)(H,81,108)(H,82,112)(H,83,107)(H,84,109)(H,85,106)(H,86,102)(H,87,111)(H,88,110)(H,98,99)(H,100,101)(H,113,114)(H4,71,72,73)/t37-,39-,40-,41-,42-,43-,44-,45-,46-,47-,48-,55-/m0/s1. The van der Waals surface area contributed by atoms with E-state index >= 15 is 0 Å². The number of aromatic amines is 1. The van der Waals surface area contributed by atoms with E-state index in [4.69, 9.17) is 27.7 Å². The molecule has 0 spiro atoms. The van der Waals surface area contributed by atoms with Gasteiger partial charge in [0.15, 0.2) is 5.96 Å². The first-order valence-corrected chi connectivity index (χ1v) is 35.4. The Morgan fingerprint density at radius 3 is 1.35 bits per heavy atom. The first-order valence-electron chi connectivity index (χ1n) is 35.4. The number of fused-ring (bicyclic) bond motifs is 1. The molecule has 0 aliphatic heterocycles. The Morgan fingerprint density at radius 2 is 0.868 bits per heavy atom. The van der Waals surface area contributed by atoms with Crippen molar-refractivity contribution in [1.82, 2.24) is 84.7 Å². The molecule has 15 amide bonds. The molecule has 3 rings (SSSR count). The second-order valence-corrected chi connectivity index (χ2v) is 26.6. The van der Waals surface area contributed by atoms with Gasteiger partial charge in [0, 0.05) is 42.9 Å². The molecule has 46 heteroatoms. The number of carboxylic acids is 3. The number of amides is 15. The molecule has 0 saturated carbocycles. The van der Waals surface area contributed by atoms with Crippen LogP contribution in [0.5, 0.6) is 5.75 Å². The summed E-state index contributed by atoms with van der Waals surface area (Å²) in [6, 6.07) is -8.37. The Balaban J connectivity index is 1.75. The number of carboxylic acid groups (broad SMARTS) is 3. The lowest BCUT2D eigenvalue weighted by molar-refractivity contribution is -0.142. The van der Waals surface area contributed by atoms with Crippen LogP contribution in [0.4, 0.5) is 0 Å². The lowest BCUT2D eigenvalue weighted by Crippen LogP contribution is -2.60. The molecule has 1 heterocycles. The predicted octanol–water partition coefficient (Wildman–Crippen LogP) is -11.1. The van der Waals surface area contributed by atoms with Crippen LogP contribution in [0.2, 0.25) is 0 Å². The number of aromatic hydroxyl groups is 1. The fourth-order valence-electron chi connectivity index (χ4n) is 10.6. The Hall–Kier alpha value is -12.7. The number of aromatic nitrogens is 1. The number of aliphatic carboxylic acids is 3. The van der Waals surface area contributed by atoms with E-state index in [1.54, 1.807) is 38.1 Å². The van der Waals surface area contributed by atoms with Gasteiger partial charge in [-0.15, -0.1) is 0 Å². The van der Waals surface area contributed by atoms with Crippen molar-refractivity contribution < 1.29 is 127 Å². The molecule has 0 radical (unpaired) electrons. The van der Waals surface area contributed by atoms with E-state index in [9.17, 15) is 122 Å². The van der Waals surface area contributed by atoms with Crippen molar-refractivity contribution >= 4 is 123 Å². The van der Waals surface area contributed by atoms with Gasteiger partial charge in [-0.3, -0.25) is 86.9 Å². The summed E-state index contributed by atoms with van der Waals surface area (Å²) in [4.78, 5) is 240. The van der Waals surface area contributed by atoms with Gasteiger partial charge in [-0.25, -0.2) is 4.79 Å². The lowest BCUT2D eigenvalue weighted by atomic mass is 9.99. The number of aliphatic hydroxyl groups excluding tert-OH is 4. The van der Waals surface area contributed by atoms with Gasteiger partial charge >= 0.3 is 17.9 Å². The number of carbonyl (C=O) groups is 18. The highest BCUT2D eigenvalue weighted by molar-refractivity contribution is 6.01. The molecule has 1 aromatic heterocycles. The molecule has 0 unspecified atom stereocenters. The zero-order chi connectivity index (χ0) is 85.6. The Labute approximate surface area is 649 Å². The summed E-state index contributed by atoms with van der Waals surface area (Å²) in [6.45, 7) is -0.993. The number of guanidine groups is 1. The number of hydrogen-bond acceptors (Lipinski definition) is 25.